The van der Waals surface area contributed by atoms with Crippen molar-refractivity contribution in [1.82, 2.24) is 5.32 Å². The van der Waals surface area contributed by atoms with Crippen LogP contribution in [0.1, 0.15) is 18.5 Å². The summed E-state index contributed by atoms with van der Waals surface area (Å²) in [7, 11) is 5.35. The second-order valence-corrected chi connectivity index (χ2v) is 4.95. The van der Waals surface area contributed by atoms with E-state index < -0.39 is 0 Å². The largest absolute Gasteiger partial charge is 0.497 e. The molecule has 0 amide bonds. The van der Waals surface area contributed by atoms with Gasteiger partial charge in [-0.2, -0.15) is 0 Å². The van der Waals surface area contributed by atoms with Crippen molar-refractivity contribution in [3.05, 3.63) is 53.8 Å². The minimum Gasteiger partial charge on any atom is -0.497 e. The molecule has 112 valence electrons. The summed E-state index contributed by atoms with van der Waals surface area (Å²) in [6, 6.07) is 12.8. The van der Waals surface area contributed by atoms with Gasteiger partial charge < -0.3 is 15.0 Å². The second-order valence-electron chi connectivity index (χ2n) is 4.95. The predicted octanol–water partition coefficient (Wildman–Crippen LogP) is 3.88. The van der Waals surface area contributed by atoms with Gasteiger partial charge in [-0.15, -0.1) is 0 Å². The highest BCUT2D eigenvalue weighted by Crippen LogP contribution is 2.34. The summed E-state index contributed by atoms with van der Waals surface area (Å²) in [6.45, 7) is 2.01. The minimum atomic E-state index is -0.236. The molecule has 21 heavy (non-hydrogen) atoms. The summed E-state index contributed by atoms with van der Waals surface area (Å²) in [4.78, 5) is 1.85. The molecule has 0 spiro atoms. The molecule has 3 nitrogen and oxygen atoms in total. The van der Waals surface area contributed by atoms with E-state index in [1.165, 1.54) is 6.07 Å². The van der Waals surface area contributed by atoms with Crippen LogP contribution in [0.25, 0.3) is 0 Å². The van der Waals surface area contributed by atoms with Gasteiger partial charge in [0.2, 0.25) is 0 Å². The lowest BCUT2D eigenvalue weighted by atomic mass is 10.0. The van der Waals surface area contributed by atoms with E-state index in [-0.39, 0.29) is 11.9 Å². The Morgan fingerprint density at radius 2 is 1.90 bits per heavy atom. The standard InChI is InChI=1S/C17H21FN2O/c1-12(19-2)15-9-6-10-16(18)17(15)20(3)13-7-5-8-14(11-13)21-4/h5-12,19H,1-4H3. The SMILES string of the molecule is CNC(C)c1cccc(F)c1N(C)c1cccc(OC)c1. The summed E-state index contributed by atoms with van der Waals surface area (Å²) in [5.74, 6) is 0.513. The Morgan fingerprint density at radius 1 is 1.19 bits per heavy atom. The number of rotatable bonds is 5. The monoisotopic (exact) mass is 288 g/mol. The number of hydrogen-bond donors (Lipinski definition) is 1. The number of ether oxygens (including phenoxy) is 1. The predicted molar refractivity (Wildman–Crippen MR) is 84.9 cm³/mol. The molecule has 0 aliphatic heterocycles. The zero-order valence-corrected chi connectivity index (χ0v) is 12.9. The average molecular weight is 288 g/mol. The van der Waals surface area contributed by atoms with E-state index in [1.54, 1.807) is 13.2 Å². The topological polar surface area (TPSA) is 24.5 Å². The Labute approximate surface area is 125 Å². The van der Waals surface area contributed by atoms with Crippen molar-refractivity contribution in [2.45, 2.75) is 13.0 Å². The molecular weight excluding hydrogens is 267 g/mol. The molecular formula is C17H21FN2O. The van der Waals surface area contributed by atoms with Gasteiger partial charge in [0.1, 0.15) is 11.6 Å². The van der Waals surface area contributed by atoms with Crippen molar-refractivity contribution in [2.24, 2.45) is 0 Å². The van der Waals surface area contributed by atoms with Gasteiger partial charge in [-0.25, -0.2) is 4.39 Å². The fourth-order valence-electron chi connectivity index (χ4n) is 2.34. The van der Waals surface area contributed by atoms with Crippen LogP contribution >= 0.6 is 0 Å². The number of nitrogens with one attached hydrogen (secondary N) is 1. The van der Waals surface area contributed by atoms with Crippen LogP contribution in [-0.2, 0) is 0 Å². The van der Waals surface area contributed by atoms with Crippen LogP contribution in [0, 0.1) is 5.82 Å². The van der Waals surface area contributed by atoms with E-state index in [0.29, 0.717) is 5.69 Å². The molecule has 0 saturated heterocycles. The minimum absolute atomic E-state index is 0.0590. The summed E-state index contributed by atoms with van der Waals surface area (Å²) in [5, 5.41) is 3.16. The number of para-hydroxylation sites is 1. The highest BCUT2D eigenvalue weighted by Gasteiger charge is 2.18. The number of halogens is 1. The summed E-state index contributed by atoms with van der Waals surface area (Å²) in [5.41, 5.74) is 2.37. The van der Waals surface area contributed by atoms with Crippen LogP contribution in [0.3, 0.4) is 0 Å². The van der Waals surface area contributed by atoms with E-state index in [4.69, 9.17) is 4.74 Å². The van der Waals surface area contributed by atoms with Gasteiger partial charge in [-0.3, -0.25) is 0 Å². The third-order valence-corrected chi connectivity index (χ3v) is 3.69. The van der Waals surface area contributed by atoms with E-state index in [2.05, 4.69) is 5.32 Å². The van der Waals surface area contributed by atoms with E-state index in [9.17, 15) is 4.39 Å². The van der Waals surface area contributed by atoms with Crippen LogP contribution in [-0.4, -0.2) is 21.2 Å². The van der Waals surface area contributed by atoms with Crippen molar-refractivity contribution in [3.63, 3.8) is 0 Å². The first-order valence-corrected chi connectivity index (χ1v) is 6.92. The third kappa shape index (κ3) is 3.16. The molecule has 2 aromatic rings. The molecule has 2 aromatic carbocycles. The second kappa shape index (κ2) is 6.59. The molecule has 0 aromatic heterocycles. The lowest BCUT2D eigenvalue weighted by Gasteiger charge is -2.26. The first-order chi connectivity index (χ1) is 10.1. The van der Waals surface area contributed by atoms with Gasteiger partial charge in [-0.1, -0.05) is 18.2 Å². The zero-order valence-electron chi connectivity index (χ0n) is 12.9. The smallest absolute Gasteiger partial charge is 0.147 e. The molecule has 4 heteroatoms. The number of anilines is 2. The molecule has 1 unspecified atom stereocenters. The maximum atomic E-state index is 14.4. The summed E-state index contributed by atoms with van der Waals surface area (Å²) in [6.07, 6.45) is 0. The van der Waals surface area contributed by atoms with Gasteiger partial charge in [0.15, 0.2) is 0 Å². The normalized spacial score (nSPS) is 12.0. The summed E-state index contributed by atoms with van der Waals surface area (Å²) < 4.78 is 19.6. The highest BCUT2D eigenvalue weighted by atomic mass is 19.1. The Morgan fingerprint density at radius 3 is 2.57 bits per heavy atom. The maximum Gasteiger partial charge on any atom is 0.147 e. The molecule has 1 N–H and O–H groups in total. The van der Waals surface area contributed by atoms with Crippen LogP contribution in [0.4, 0.5) is 15.8 Å². The molecule has 0 heterocycles. The number of benzene rings is 2. The molecule has 0 bridgehead atoms. The first kappa shape index (κ1) is 15.3. The van der Waals surface area contributed by atoms with Gasteiger partial charge in [0.05, 0.1) is 12.8 Å². The van der Waals surface area contributed by atoms with Gasteiger partial charge >= 0.3 is 0 Å². The fourth-order valence-corrected chi connectivity index (χ4v) is 2.34. The quantitative estimate of drug-likeness (QED) is 0.903. The maximum absolute atomic E-state index is 14.4. The van der Waals surface area contributed by atoms with Crippen molar-refractivity contribution in [1.29, 1.82) is 0 Å². The number of hydrogen-bond acceptors (Lipinski definition) is 3. The molecule has 2 rings (SSSR count). The van der Waals surface area contributed by atoms with Crippen molar-refractivity contribution >= 4 is 11.4 Å². The first-order valence-electron chi connectivity index (χ1n) is 6.92. The van der Waals surface area contributed by atoms with Gasteiger partial charge in [0.25, 0.3) is 0 Å². The van der Waals surface area contributed by atoms with Gasteiger partial charge in [0, 0.05) is 24.8 Å². The molecule has 0 aliphatic rings. The Balaban J connectivity index is 2.49. The number of methoxy groups -OCH3 is 1. The Bertz CT molecular complexity index is 615. The van der Waals surface area contributed by atoms with E-state index in [1.807, 2.05) is 56.3 Å². The fraction of sp³-hybridized carbons (Fsp3) is 0.294. The Hall–Kier alpha value is -2.07. The molecule has 0 fully saturated rings. The Kier molecular flexibility index (Phi) is 4.81. The summed E-state index contributed by atoms with van der Waals surface area (Å²) >= 11 is 0. The highest BCUT2D eigenvalue weighted by molar-refractivity contribution is 5.68. The van der Waals surface area contributed by atoms with E-state index in [0.717, 1.165) is 17.0 Å². The third-order valence-electron chi connectivity index (χ3n) is 3.69. The molecule has 1 atom stereocenters. The van der Waals surface area contributed by atoms with Crippen molar-refractivity contribution in [3.8, 4) is 5.75 Å². The molecule has 0 aliphatic carbocycles. The zero-order chi connectivity index (χ0) is 15.4. The number of nitrogens with zero attached hydrogens (tertiary/aromatic N) is 1. The van der Waals surface area contributed by atoms with Crippen LogP contribution < -0.4 is 15.0 Å². The van der Waals surface area contributed by atoms with Crippen molar-refractivity contribution < 1.29 is 9.13 Å². The molecule has 0 saturated carbocycles. The average Bonchev–Trinajstić information content (AvgIpc) is 2.53. The lowest BCUT2D eigenvalue weighted by Crippen LogP contribution is -2.19. The van der Waals surface area contributed by atoms with Gasteiger partial charge in [-0.05, 0) is 37.7 Å². The molecule has 0 radical (unpaired) electrons. The lowest BCUT2D eigenvalue weighted by molar-refractivity contribution is 0.415. The van der Waals surface area contributed by atoms with E-state index >= 15 is 0 Å². The van der Waals surface area contributed by atoms with Crippen LogP contribution in [0.15, 0.2) is 42.5 Å². The van der Waals surface area contributed by atoms with Crippen molar-refractivity contribution in [2.75, 3.05) is 26.1 Å². The van der Waals surface area contributed by atoms with Crippen LogP contribution in [0.2, 0.25) is 0 Å². The van der Waals surface area contributed by atoms with Crippen LogP contribution in [0.5, 0.6) is 5.75 Å².